The first-order valence-corrected chi connectivity index (χ1v) is 8.06. The molecule has 0 saturated heterocycles. The van der Waals surface area contributed by atoms with Crippen LogP contribution >= 0.6 is 0 Å². The first-order valence-electron chi connectivity index (χ1n) is 8.06. The number of aromatic hydroxyl groups is 1. The molecule has 0 atom stereocenters. The number of aromatic nitrogens is 2. The molecular weight excluding hydrogens is 314 g/mol. The topological polar surface area (TPSA) is 81.9 Å². The van der Waals surface area contributed by atoms with Crippen LogP contribution in [0.5, 0.6) is 11.5 Å². The zero-order valence-electron chi connectivity index (χ0n) is 14.4. The van der Waals surface area contributed by atoms with Crippen molar-refractivity contribution in [2.75, 3.05) is 6.61 Å². The highest BCUT2D eigenvalue weighted by atomic mass is 16.5. The molecule has 126 valence electrons. The molecule has 0 spiro atoms. The minimum absolute atomic E-state index is 0.0761. The van der Waals surface area contributed by atoms with Gasteiger partial charge in [0.05, 0.1) is 23.2 Å². The Morgan fingerprint density at radius 2 is 2.04 bits per heavy atom. The normalized spacial score (nSPS) is 11.5. The molecule has 1 aromatic heterocycles. The van der Waals surface area contributed by atoms with E-state index < -0.39 is 0 Å². The Kier molecular flexibility index (Phi) is 4.44. The first-order chi connectivity index (χ1) is 12.0. The van der Waals surface area contributed by atoms with Crippen LogP contribution in [0.1, 0.15) is 29.4 Å². The lowest BCUT2D eigenvalue weighted by molar-refractivity contribution is 0.318. The largest absolute Gasteiger partial charge is 0.504 e. The van der Waals surface area contributed by atoms with E-state index in [1.807, 2.05) is 32.9 Å². The van der Waals surface area contributed by atoms with Gasteiger partial charge in [0.15, 0.2) is 11.5 Å². The molecule has 25 heavy (non-hydrogen) atoms. The monoisotopic (exact) mass is 333 g/mol. The molecule has 0 fully saturated rings. The summed E-state index contributed by atoms with van der Waals surface area (Å²) in [6.07, 6.45) is 1.72. The van der Waals surface area contributed by atoms with Crippen molar-refractivity contribution in [3.05, 3.63) is 52.8 Å². The van der Waals surface area contributed by atoms with Gasteiger partial charge in [0.25, 0.3) is 0 Å². The fourth-order valence-corrected chi connectivity index (χ4v) is 2.61. The first kappa shape index (κ1) is 16.6. The molecule has 0 saturated carbocycles. The summed E-state index contributed by atoms with van der Waals surface area (Å²) in [5, 5.41) is 19.3. The maximum absolute atomic E-state index is 9.79. The number of hydrogen-bond donors (Lipinski definition) is 2. The SMILES string of the molecule is CCOc1cc(/C=C(/C#N)c2nc3cc(C)c(C)cc3[nH]2)ccc1O. The molecule has 0 aliphatic rings. The van der Waals surface area contributed by atoms with Crippen molar-refractivity contribution in [1.82, 2.24) is 9.97 Å². The van der Waals surface area contributed by atoms with Crippen LogP contribution in [0.25, 0.3) is 22.7 Å². The number of hydrogen-bond acceptors (Lipinski definition) is 4. The van der Waals surface area contributed by atoms with E-state index >= 15 is 0 Å². The van der Waals surface area contributed by atoms with E-state index in [9.17, 15) is 10.4 Å². The van der Waals surface area contributed by atoms with Crippen LogP contribution in [0.3, 0.4) is 0 Å². The molecule has 1 heterocycles. The van der Waals surface area contributed by atoms with E-state index in [1.54, 1.807) is 24.3 Å². The summed E-state index contributed by atoms with van der Waals surface area (Å²) in [6, 6.07) is 11.2. The molecule has 0 amide bonds. The summed E-state index contributed by atoms with van der Waals surface area (Å²) in [4.78, 5) is 7.73. The van der Waals surface area contributed by atoms with E-state index in [2.05, 4.69) is 16.0 Å². The van der Waals surface area contributed by atoms with Crippen molar-refractivity contribution < 1.29 is 9.84 Å². The third-order valence-electron chi connectivity index (χ3n) is 4.07. The van der Waals surface area contributed by atoms with Crippen molar-refractivity contribution in [2.45, 2.75) is 20.8 Å². The van der Waals surface area contributed by atoms with Crippen molar-refractivity contribution in [3.8, 4) is 17.6 Å². The second-order valence-electron chi connectivity index (χ2n) is 5.87. The number of fused-ring (bicyclic) bond motifs is 1. The molecule has 0 radical (unpaired) electrons. The lowest BCUT2D eigenvalue weighted by Crippen LogP contribution is -1.92. The summed E-state index contributed by atoms with van der Waals surface area (Å²) in [6.45, 7) is 6.38. The van der Waals surface area contributed by atoms with Crippen molar-refractivity contribution in [3.63, 3.8) is 0 Å². The van der Waals surface area contributed by atoms with Crippen LogP contribution in [0, 0.1) is 25.2 Å². The molecule has 0 unspecified atom stereocenters. The standard InChI is InChI=1S/C20H19N3O2/c1-4-25-19-10-14(5-6-18(19)24)9-15(11-21)20-22-16-7-12(2)13(3)8-17(16)23-20/h5-10,24H,4H2,1-3H3,(H,22,23)/b15-9-. The van der Waals surface area contributed by atoms with Gasteiger partial charge in [-0.1, -0.05) is 6.07 Å². The Bertz CT molecular complexity index is 971. The number of ether oxygens (including phenoxy) is 1. The van der Waals surface area contributed by atoms with E-state index in [1.165, 1.54) is 5.56 Å². The van der Waals surface area contributed by atoms with Gasteiger partial charge in [0, 0.05) is 0 Å². The Labute approximate surface area is 146 Å². The number of benzene rings is 2. The summed E-state index contributed by atoms with van der Waals surface area (Å²) in [5.74, 6) is 0.991. The molecule has 5 nitrogen and oxygen atoms in total. The third kappa shape index (κ3) is 3.33. The zero-order valence-corrected chi connectivity index (χ0v) is 14.4. The highest BCUT2D eigenvalue weighted by Crippen LogP contribution is 2.29. The van der Waals surface area contributed by atoms with Crippen LogP contribution in [0.15, 0.2) is 30.3 Å². The maximum Gasteiger partial charge on any atom is 0.161 e. The van der Waals surface area contributed by atoms with Gasteiger partial charge in [-0.3, -0.25) is 0 Å². The molecule has 3 rings (SSSR count). The Morgan fingerprint density at radius 3 is 2.76 bits per heavy atom. The molecule has 3 aromatic rings. The predicted molar refractivity (Wildman–Crippen MR) is 98.3 cm³/mol. The molecule has 2 aromatic carbocycles. The average molecular weight is 333 g/mol. The Morgan fingerprint density at radius 1 is 1.28 bits per heavy atom. The highest BCUT2D eigenvalue weighted by molar-refractivity contribution is 5.90. The van der Waals surface area contributed by atoms with Gasteiger partial charge in [-0.2, -0.15) is 5.26 Å². The number of nitrogens with one attached hydrogen (secondary N) is 1. The highest BCUT2D eigenvalue weighted by Gasteiger charge is 2.10. The second-order valence-corrected chi connectivity index (χ2v) is 5.87. The number of aromatic amines is 1. The molecule has 0 aliphatic heterocycles. The lowest BCUT2D eigenvalue weighted by Gasteiger charge is -2.06. The minimum Gasteiger partial charge on any atom is -0.504 e. The molecule has 2 N–H and O–H groups in total. The lowest BCUT2D eigenvalue weighted by atomic mass is 10.1. The van der Waals surface area contributed by atoms with Gasteiger partial charge in [-0.25, -0.2) is 4.98 Å². The van der Waals surface area contributed by atoms with Gasteiger partial charge < -0.3 is 14.8 Å². The van der Waals surface area contributed by atoms with Crippen LogP contribution in [-0.2, 0) is 0 Å². The molecular formula is C20H19N3O2. The van der Waals surface area contributed by atoms with Gasteiger partial charge in [0.2, 0.25) is 0 Å². The van der Waals surface area contributed by atoms with Crippen LogP contribution in [0.4, 0.5) is 0 Å². The number of aryl methyl sites for hydroxylation is 2. The summed E-state index contributed by atoms with van der Waals surface area (Å²) in [7, 11) is 0. The predicted octanol–water partition coefficient (Wildman–Crippen LogP) is 4.35. The quantitative estimate of drug-likeness (QED) is 0.696. The maximum atomic E-state index is 9.79. The molecule has 5 heteroatoms. The minimum atomic E-state index is 0.0761. The van der Waals surface area contributed by atoms with E-state index in [-0.39, 0.29) is 5.75 Å². The van der Waals surface area contributed by atoms with Crippen LogP contribution in [-0.4, -0.2) is 21.7 Å². The van der Waals surface area contributed by atoms with Gasteiger partial charge in [-0.05, 0) is 67.8 Å². The van der Waals surface area contributed by atoms with Crippen molar-refractivity contribution in [2.24, 2.45) is 0 Å². The Balaban J connectivity index is 2.04. The number of imidazole rings is 1. The Hall–Kier alpha value is -3.26. The fourth-order valence-electron chi connectivity index (χ4n) is 2.61. The smallest absolute Gasteiger partial charge is 0.161 e. The summed E-state index contributed by atoms with van der Waals surface area (Å²) in [5.41, 5.74) is 5.24. The number of rotatable bonds is 4. The van der Waals surface area contributed by atoms with Crippen LogP contribution < -0.4 is 4.74 Å². The molecule has 0 bridgehead atoms. The van der Waals surface area contributed by atoms with Crippen LogP contribution in [0.2, 0.25) is 0 Å². The average Bonchev–Trinajstić information content (AvgIpc) is 2.98. The van der Waals surface area contributed by atoms with E-state index in [4.69, 9.17) is 4.74 Å². The second kappa shape index (κ2) is 6.70. The van der Waals surface area contributed by atoms with Gasteiger partial charge in [-0.15, -0.1) is 0 Å². The number of allylic oxidation sites excluding steroid dienone is 1. The van der Waals surface area contributed by atoms with Gasteiger partial charge >= 0.3 is 0 Å². The number of phenolic OH excluding ortho intramolecular Hbond substituents is 1. The van der Waals surface area contributed by atoms with E-state index in [0.717, 1.165) is 22.2 Å². The number of phenols is 1. The summed E-state index contributed by atoms with van der Waals surface area (Å²) >= 11 is 0. The number of nitrogens with zero attached hydrogens (tertiary/aromatic N) is 2. The zero-order chi connectivity index (χ0) is 18.0. The number of nitriles is 1. The van der Waals surface area contributed by atoms with Crippen molar-refractivity contribution >= 4 is 22.7 Å². The van der Waals surface area contributed by atoms with Gasteiger partial charge in [0.1, 0.15) is 11.9 Å². The fraction of sp³-hybridized carbons (Fsp3) is 0.200. The van der Waals surface area contributed by atoms with Crippen molar-refractivity contribution in [1.29, 1.82) is 5.26 Å². The molecule has 0 aliphatic carbocycles. The number of H-pyrrole nitrogens is 1. The van der Waals surface area contributed by atoms with E-state index in [0.29, 0.717) is 23.8 Å². The third-order valence-corrected chi connectivity index (χ3v) is 4.07. The summed E-state index contributed by atoms with van der Waals surface area (Å²) < 4.78 is 5.39.